The molecule has 0 bridgehead atoms. The van der Waals surface area contributed by atoms with Crippen LogP contribution >= 0.6 is 0 Å². The van der Waals surface area contributed by atoms with E-state index in [2.05, 4.69) is 212 Å². The van der Waals surface area contributed by atoms with Crippen LogP contribution in [0.1, 0.15) is 111 Å². The summed E-state index contributed by atoms with van der Waals surface area (Å²) in [6.45, 7) is 37.0. The molecule has 2 aliphatic heterocycles. The third kappa shape index (κ3) is 7.28. The molecule has 0 atom stereocenters. The van der Waals surface area contributed by atoms with E-state index < -0.39 is 0 Å². The first-order valence-corrected chi connectivity index (χ1v) is 26.5. The first-order chi connectivity index (χ1) is 35.4. The molecule has 8 aromatic carbocycles. The monoisotopic (exact) mass is 968 g/mol. The summed E-state index contributed by atoms with van der Waals surface area (Å²) >= 11 is 0. The Hall–Kier alpha value is -7.63. The van der Waals surface area contributed by atoms with Crippen molar-refractivity contribution in [3.63, 3.8) is 0 Å². The third-order valence-electron chi connectivity index (χ3n) is 18.4. The number of fused-ring (bicyclic) bond motifs is 4. The van der Waals surface area contributed by atoms with Crippen molar-refractivity contribution in [1.82, 2.24) is 15.0 Å². The average molecular weight is 968 g/mol. The van der Waals surface area contributed by atoms with Crippen LogP contribution < -0.4 is 9.80 Å². The summed E-state index contributed by atoms with van der Waals surface area (Å²) in [6, 6.07) is 36.9. The molecule has 3 heterocycles. The number of aromatic nitrogens is 3. The molecule has 0 spiro atoms. The predicted octanol–water partition coefficient (Wildman–Crippen LogP) is 18.2. The molecule has 0 N–H and O–H groups in total. The third-order valence-corrected chi connectivity index (χ3v) is 18.4. The number of benzene rings is 8. The Kier molecular flexibility index (Phi) is 11.9. The number of hydrogen-bond acceptors (Lipinski definition) is 5. The lowest BCUT2D eigenvalue weighted by Crippen LogP contribution is -2.25. The zero-order chi connectivity index (χ0) is 52.3. The number of hydrogen-bond donors (Lipinski definition) is 0. The Labute approximate surface area is 440 Å². The highest BCUT2D eigenvalue weighted by atomic mass is 15.2. The van der Waals surface area contributed by atoms with Crippen LogP contribution in [0.3, 0.4) is 0 Å². The van der Waals surface area contributed by atoms with Crippen molar-refractivity contribution in [3.8, 4) is 45.3 Å². The minimum Gasteiger partial charge on any atom is -0.309 e. The summed E-state index contributed by atoms with van der Waals surface area (Å²) in [5, 5.41) is 0. The number of nitrogens with zero attached hydrogens (tertiary/aromatic N) is 5. The standard InChI is InChI=1S/C69H69N5/c1-36-40(5)48(13)63-56(44(36)9)34-57-45(10)37(2)41(6)49(14)64(57)73(63)61-30-24-23-29-55(61)54-31-32-62(60(33-54)69-71-67(52-25-19-17-20-26-52)70-68(72-69)53-27-21-18-22-28-53)74-65-50(15)42(7)38(3)46(11)58(65)35-59-47(12)39(4)43(8)51(16)66(59)74/h17-33H,34-35H2,1-16H3. The summed E-state index contributed by atoms with van der Waals surface area (Å²) < 4.78 is 0. The number of anilines is 6. The predicted molar refractivity (Wildman–Crippen MR) is 312 cm³/mol. The van der Waals surface area contributed by atoms with Crippen LogP contribution in [0.4, 0.5) is 34.1 Å². The highest BCUT2D eigenvalue weighted by Gasteiger charge is 2.36. The molecule has 0 saturated carbocycles. The number of para-hydroxylation sites is 1. The molecule has 0 saturated heterocycles. The molecule has 5 heteroatoms. The Balaban J connectivity index is 1.26. The van der Waals surface area contributed by atoms with Gasteiger partial charge in [-0.2, -0.15) is 0 Å². The van der Waals surface area contributed by atoms with E-state index in [9.17, 15) is 0 Å². The zero-order valence-corrected chi connectivity index (χ0v) is 46.5. The SMILES string of the molecule is Cc1c(C)c(C)c2c(c1C)Cc1c(C)c(C)c(C)c(C)c1N2c1ccccc1-c1ccc(N2c3c(C)c(C)c(C)c(C)c3Cc3c(C)c(C)c(C)c(C)c32)c(-c2nc(-c3ccccc3)nc(-c3ccccc3)n2)c1. The number of rotatable bonds is 6. The van der Waals surface area contributed by atoms with E-state index in [0.29, 0.717) is 17.5 Å². The topological polar surface area (TPSA) is 45.2 Å². The lowest BCUT2D eigenvalue weighted by atomic mass is 9.80. The van der Waals surface area contributed by atoms with Crippen LogP contribution in [0.5, 0.6) is 0 Å². The van der Waals surface area contributed by atoms with Gasteiger partial charge >= 0.3 is 0 Å². The molecule has 0 unspecified atom stereocenters. The first kappa shape index (κ1) is 48.6. The minimum atomic E-state index is 0.626. The fourth-order valence-corrected chi connectivity index (χ4v) is 12.5. The molecule has 0 amide bonds. The molecule has 0 aliphatic carbocycles. The summed E-state index contributed by atoms with van der Waals surface area (Å²) in [7, 11) is 0. The maximum Gasteiger partial charge on any atom is 0.166 e. The molecule has 0 radical (unpaired) electrons. The first-order valence-electron chi connectivity index (χ1n) is 26.5. The smallest absolute Gasteiger partial charge is 0.166 e. The fourth-order valence-electron chi connectivity index (χ4n) is 12.5. The van der Waals surface area contributed by atoms with Gasteiger partial charge in [-0.15, -0.1) is 0 Å². The van der Waals surface area contributed by atoms with Gasteiger partial charge in [0.25, 0.3) is 0 Å². The van der Waals surface area contributed by atoms with Crippen molar-refractivity contribution in [2.24, 2.45) is 0 Å². The minimum absolute atomic E-state index is 0.626. The van der Waals surface area contributed by atoms with Crippen LogP contribution in [0.25, 0.3) is 45.3 Å². The maximum absolute atomic E-state index is 5.54. The molecule has 11 rings (SSSR count). The van der Waals surface area contributed by atoms with E-state index in [1.807, 2.05) is 12.1 Å². The van der Waals surface area contributed by atoms with Gasteiger partial charge in [0.1, 0.15) is 0 Å². The molecule has 1 aromatic heterocycles. The van der Waals surface area contributed by atoms with Gasteiger partial charge in [-0.05, 0) is 246 Å². The van der Waals surface area contributed by atoms with Gasteiger partial charge in [-0.25, -0.2) is 15.0 Å². The molecular weight excluding hydrogens is 899 g/mol. The van der Waals surface area contributed by atoms with Crippen LogP contribution in [0.15, 0.2) is 103 Å². The molecule has 9 aromatic rings. The maximum atomic E-state index is 5.54. The van der Waals surface area contributed by atoms with Crippen molar-refractivity contribution in [2.45, 2.75) is 124 Å². The highest BCUT2D eigenvalue weighted by Crippen LogP contribution is 2.56. The van der Waals surface area contributed by atoms with E-state index >= 15 is 0 Å². The lowest BCUT2D eigenvalue weighted by molar-refractivity contribution is 0.994. The van der Waals surface area contributed by atoms with Gasteiger partial charge in [-0.3, -0.25) is 0 Å². The van der Waals surface area contributed by atoms with Crippen LogP contribution in [0.2, 0.25) is 0 Å². The quantitative estimate of drug-likeness (QED) is 0.166. The Morgan fingerprint density at radius 1 is 0.270 bits per heavy atom. The normalized spacial score (nSPS) is 12.7. The van der Waals surface area contributed by atoms with E-state index in [1.54, 1.807) is 0 Å². The van der Waals surface area contributed by atoms with Gasteiger partial charge in [0.15, 0.2) is 17.5 Å². The van der Waals surface area contributed by atoms with Crippen molar-refractivity contribution >= 4 is 34.1 Å². The van der Waals surface area contributed by atoms with E-state index in [0.717, 1.165) is 52.0 Å². The molecular formula is C69H69N5. The molecule has 5 nitrogen and oxygen atoms in total. The van der Waals surface area contributed by atoms with E-state index in [4.69, 9.17) is 15.0 Å². The van der Waals surface area contributed by atoms with Crippen molar-refractivity contribution < 1.29 is 0 Å². The molecule has 0 fully saturated rings. The Morgan fingerprint density at radius 2 is 0.581 bits per heavy atom. The van der Waals surface area contributed by atoms with Crippen molar-refractivity contribution in [1.29, 1.82) is 0 Å². The van der Waals surface area contributed by atoms with Gasteiger partial charge in [-0.1, -0.05) is 84.9 Å². The Morgan fingerprint density at radius 3 is 0.959 bits per heavy atom. The van der Waals surface area contributed by atoms with E-state index in [1.165, 1.54) is 134 Å². The lowest BCUT2D eigenvalue weighted by Gasteiger charge is -2.41. The van der Waals surface area contributed by atoms with E-state index in [-0.39, 0.29) is 0 Å². The second-order valence-corrected chi connectivity index (χ2v) is 21.6. The summed E-state index contributed by atoms with van der Waals surface area (Å²) in [5.74, 6) is 1.90. The van der Waals surface area contributed by atoms with Crippen LogP contribution in [0, 0.1) is 111 Å². The Bertz CT molecular complexity index is 3640. The van der Waals surface area contributed by atoms with Crippen molar-refractivity contribution in [3.05, 3.63) is 214 Å². The van der Waals surface area contributed by atoms with Crippen LogP contribution in [-0.2, 0) is 12.8 Å². The average Bonchev–Trinajstić information content (AvgIpc) is 3.43. The largest absolute Gasteiger partial charge is 0.309 e. The van der Waals surface area contributed by atoms with Gasteiger partial charge in [0.2, 0.25) is 0 Å². The molecule has 370 valence electrons. The van der Waals surface area contributed by atoms with Gasteiger partial charge in [0, 0.05) is 35.1 Å². The second kappa shape index (κ2) is 18.1. The highest BCUT2D eigenvalue weighted by molar-refractivity contribution is 5.99. The van der Waals surface area contributed by atoms with Gasteiger partial charge in [0.05, 0.1) is 34.1 Å². The molecule has 2 aliphatic rings. The zero-order valence-electron chi connectivity index (χ0n) is 46.5. The molecule has 74 heavy (non-hydrogen) atoms. The van der Waals surface area contributed by atoms with Gasteiger partial charge < -0.3 is 9.80 Å². The summed E-state index contributed by atoms with van der Waals surface area (Å²) in [6.07, 6.45) is 1.78. The van der Waals surface area contributed by atoms with Crippen LogP contribution in [-0.4, -0.2) is 15.0 Å². The fraction of sp³-hybridized carbons (Fsp3) is 0.261. The summed E-state index contributed by atoms with van der Waals surface area (Å²) in [4.78, 5) is 21.5. The second-order valence-electron chi connectivity index (χ2n) is 21.6. The van der Waals surface area contributed by atoms with Crippen molar-refractivity contribution in [2.75, 3.05) is 9.80 Å². The summed E-state index contributed by atoms with van der Waals surface area (Å²) in [5.41, 5.74) is 39.5.